The Labute approximate surface area is 153 Å². The standard InChI is InChI=1S/C19H22FNO4S/c1-2-25-19(22)17(12-15-6-4-3-5-7-15)13-21-26(23,24)14-16-8-10-18(20)11-9-16/h3-11,17,21H,2,12-14H2,1H3/t17-/m0/s1. The highest BCUT2D eigenvalue weighted by Crippen LogP contribution is 2.12. The predicted octanol–water partition coefficient (Wildman–Crippen LogP) is 2.67. The summed E-state index contributed by atoms with van der Waals surface area (Å²) in [6, 6.07) is 14.6. The molecule has 0 unspecified atom stereocenters. The Bertz CT molecular complexity index is 807. The number of sulfonamides is 1. The molecule has 0 aliphatic carbocycles. The maximum atomic E-state index is 12.9. The molecule has 0 radical (unpaired) electrons. The van der Waals surface area contributed by atoms with Crippen molar-refractivity contribution in [3.8, 4) is 0 Å². The van der Waals surface area contributed by atoms with Crippen LogP contribution in [0.1, 0.15) is 18.1 Å². The molecule has 0 saturated carbocycles. The van der Waals surface area contributed by atoms with Crippen molar-refractivity contribution in [3.05, 3.63) is 71.5 Å². The molecule has 0 bridgehead atoms. The van der Waals surface area contributed by atoms with E-state index in [2.05, 4.69) is 4.72 Å². The van der Waals surface area contributed by atoms with Crippen LogP contribution in [0.4, 0.5) is 4.39 Å². The van der Waals surface area contributed by atoms with Crippen molar-refractivity contribution < 1.29 is 22.3 Å². The van der Waals surface area contributed by atoms with Crippen molar-refractivity contribution in [3.63, 3.8) is 0 Å². The molecule has 2 rings (SSSR count). The quantitative estimate of drug-likeness (QED) is 0.680. The predicted molar refractivity (Wildman–Crippen MR) is 97.3 cm³/mol. The molecule has 1 atom stereocenters. The summed E-state index contributed by atoms with van der Waals surface area (Å²) in [6.07, 6.45) is 0.374. The maximum Gasteiger partial charge on any atom is 0.310 e. The summed E-state index contributed by atoms with van der Waals surface area (Å²) >= 11 is 0. The monoisotopic (exact) mass is 379 g/mol. The van der Waals surface area contributed by atoms with Gasteiger partial charge in [-0.25, -0.2) is 17.5 Å². The molecule has 2 aromatic carbocycles. The zero-order chi connectivity index (χ0) is 19.0. The summed E-state index contributed by atoms with van der Waals surface area (Å²) < 4.78 is 45.0. The van der Waals surface area contributed by atoms with Crippen molar-refractivity contribution >= 4 is 16.0 Å². The van der Waals surface area contributed by atoms with Gasteiger partial charge in [0.2, 0.25) is 10.0 Å². The minimum atomic E-state index is -3.66. The molecular formula is C19H22FNO4S. The molecule has 0 aromatic heterocycles. The topological polar surface area (TPSA) is 72.5 Å². The molecule has 5 nitrogen and oxygen atoms in total. The zero-order valence-corrected chi connectivity index (χ0v) is 15.3. The van der Waals surface area contributed by atoms with E-state index in [1.54, 1.807) is 6.92 Å². The highest BCUT2D eigenvalue weighted by molar-refractivity contribution is 7.88. The van der Waals surface area contributed by atoms with Crippen molar-refractivity contribution in [2.45, 2.75) is 19.1 Å². The molecular weight excluding hydrogens is 357 g/mol. The van der Waals surface area contributed by atoms with Crippen molar-refractivity contribution in [1.82, 2.24) is 4.72 Å². The molecule has 0 saturated heterocycles. The van der Waals surface area contributed by atoms with Crippen molar-refractivity contribution in [1.29, 1.82) is 0 Å². The molecule has 0 aliphatic rings. The summed E-state index contributed by atoms with van der Waals surface area (Å²) in [5.74, 6) is -1.78. The molecule has 140 valence electrons. The first-order valence-electron chi connectivity index (χ1n) is 8.32. The molecule has 0 heterocycles. The lowest BCUT2D eigenvalue weighted by molar-refractivity contribution is -0.147. The first-order chi connectivity index (χ1) is 12.4. The number of hydrogen-bond donors (Lipinski definition) is 1. The van der Waals surface area contributed by atoms with Crippen molar-refractivity contribution in [2.75, 3.05) is 13.2 Å². The van der Waals surface area contributed by atoms with Gasteiger partial charge in [0.25, 0.3) is 0 Å². The lowest BCUT2D eigenvalue weighted by atomic mass is 10.00. The third-order valence-corrected chi connectivity index (χ3v) is 5.08. The van der Waals surface area contributed by atoms with E-state index >= 15 is 0 Å². The van der Waals surface area contributed by atoms with Gasteiger partial charge in [0, 0.05) is 6.54 Å². The summed E-state index contributed by atoms with van der Waals surface area (Å²) in [5, 5.41) is 0. The second-order valence-corrected chi connectivity index (χ2v) is 7.68. The summed E-state index contributed by atoms with van der Waals surface area (Å²) in [5.41, 5.74) is 1.39. The molecule has 2 aromatic rings. The van der Waals surface area contributed by atoms with Gasteiger partial charge in [-0.15, -0.1) is 0 Å². The van der Waals surface area contributed by atoms with Gasteiger partial charge in [-0.3, -0.25) is 4.79 Å². The Morgan fingerprint density at radius 3 is 2.35 bits per heavy atom. The number of rotatable bonds is 9. The van der Waals surface area contributed by atoms with E-state index in [4.69, 9.17) is 4.74 Å². The number of ether oxygens (including phenoxy) is 1. The summed E-state index contributed by atoms with van der Waals surface area (Å²) in [6.45, 7) is 1.87. The van der Waals surface area contributed by atoms with Gasteiger partial charge in [-0.2, -0.15) is 0 Å². The second-order valence-electron chi connectivity index (χ2n) is 5.87. The number of esters is 1. The van der Waals surface area contributed by atoms with Crippen LogP contribution in [0.5, 0.6) is 0 Å². The van der Waals surface area contributed by atoms with Crippen LogP contribution in [-0.4, -0.2) is 27.5 Å². The fraction of sp³-hybridized carbons (Fsp3) is 0.316. The summed E-state index contributed by atoms with van der Waals surface area (Å²) in [4.78, 5) is 12.2. The average Bonchev–Trinajstić information content (AvgIpc) is 2.61. The smallest absolute Gasteiger partial charge is 0.310 e. The number of nitrogens with one attached hydrogen (secondary N) is 1. The molecule has 7 heteroatoms. The summed E-state index contributed by atoms with van der Waals surface area (Å²) in [7, 11) is -3.66. The van der Waals surface area contributed by atoms with Gasteiger partial charge < -0.3 is 4.74 Å². The van der Waals surface area contributed by atoms with Crippen LogP contribution in [0.15, 0.2) is 54.6 Å². The Hall–Kier alpha value is -2.25. The van der Waals surface area contributed by atoms with Crippen LogP contribution in [-0.2, 0) is 31.7 Å². The largest absolute Gasteiger partial charge is 0.466 e. The third kappa shape index (κ3) is 6.57. The van der Waals surface area contributed by atoms with Gasteiger partial charge in [0.1, 0.15) is 5.82 Å². The SMILES string of the molecule is CCOC(=O)[C@H](CNS(=O)(=O)Cc1ccc(F)cc1)Cc1ccccc1. The Kier molecular flexibility index (Phi) is 7.29. The van der Waals surface area contributed by atoms with Crippen LogP contribution in [0, 0.1) is 11.7 Å². The molecule has 0 spiro atoms. The first kappa shape index (κ1) is 20.1. The second kappa shape index (κ2) is 9.45. The molecule has 0 fully saturated rings. The highest BCUT2D eigenvalue weighted by Gasteiger charge is 2.23. The Morgan fingerprint density at radius 2 is 1.73 bits per heavy atom. The normalized spacial score (nSPS) is 12.5. The van der Waals surface area contributed by atoms with Gasteiger partial charge >= 0.3 is 5.97 Å². The van der Waals surface area contributed by atoms with Gasteiger partial charge in [-0.05, 0) is 36.6 Å². The van der Waals surface area contributed by atoms with E-state index in [0.29, 0.717) is 12.0 Å². The van der Waals surface area contributed by atoms with E-state index in [1.165, 1.54) is 24.3 Å². The van der Waals surface area contributed by atoms with Crippen molar-refractivity contribution in [2.24, 2.45) is 5.92 Å². The van der Waals surface area contributed by atoms with E-state index in [9.17, 15) is 17.6 Å². The van der Waals surface area contributed by atoms with E-state index in [0.717, 1.165) is 5.56 Å². The number of carbonyl (C=O) groups excluding carboxylic acids is 1. The molecule has 26 heavy (non-hydrogen) atoms. The first-order valence-corrected chi connectivity index (χ1v) is 9.97. The number of carbonyl (C=O) groups is 1. The fourth-order valence-corrected chi connectivity index (χ4v) is 3.66. The van der Waals surface area contributed by atoms with Crippen LogP contribution < -0.4 is 4.72 Å². The number of hydrogen-bond acceptors (Lipinski definition) is 4. The Morgan fingerprint density at radius 1 is 1.08 bits per heavy atom. The number of halogens is 1. The van der Waals surface area contributed by atoms with Gasteiger partial charge in [0.15, 0.2) is 0 Å². The van der Waals surface area contributed by atoms with E-state index in [1.807, 2.05) is 30.3 Å². The number of benzene rings is 2. The maximum absolute atomic E-state index is 12.9. The minimum Gasteiger partial charge on any atom is -0.466 e. The van der Waals surface area contributed by atoms with Crippen LogP contribution in [0.3, 0.4) is 0 Å². The zero-order valence-electron chi connectivity index (χ0n) is 14.5. The lowest BCUT2D eigenvalue weighted by Gasteiger charge is -2.16. The average molecular weight is 379 g/mol. The Balaban J connectivity index is 2.02. The van der Waals surface area contributed by atoms with Crippen LogP contribution in [0.25, 0.3) is 0 Å². The van der Waals surface area contributed by atoms with Crippen LogP contribution >= 0.6 is 0 Å². The molecule has 0 aliphatic heterocycles. The minimum absolute atomic E-state index is 0.0583. The van der Waals surface area contributed by atoms with Crippen LogP contribution in [0.2, 0.25) is 0 Å². The third-order valence-electron chi connectivity index (χ3n) is 3.76. The van der Waals surface area contributed by atoms with E-state index < -0.39 is 27.7 Å². The fourth-order valence-electron chi connectivity index (χ4n) is 2.48. The van der Waals surface area contributed by atoms with Gasteiger partial charge in [0.05, 0.1) is 18.3 Å². The highest BCUT2D eigenvalue weighted by atomic mass is 32.2. The lowest BCUT2D eigenvalue weighted by Crippen LogP contribution is -2.35. The molecule has 0 amide bonds. The molecule has 1 N–H and O–H groups in total. The van der Waals surface area contributed by atoms with Gasteiger partial charge in [-0.1, -0.05) is 42.5 Å². The van der Waals surface area contributed by atoms with E-state index in [-0.39, 0.29) is 18.9 Å².